The third-order valence-electron chi connectivity index (χ3n) is 1.80. The molecule has 1 atom stereocenters. The van der Waals surface area contributed by atoms with E-state index in [0.717, 1.165) is 13.1 Å². The number of alkyl halides is 4. The standard InChI is InChI=1S/C9H9F3INO2/c1-5(9(10,11)12)16-8-6(3-13)2-7(15)4-14-8/h2,4-5,15H,3H2,1H3/t5-/m0/s1. The van der Waals surface area contributed by atoms with Crippen LogP contribution in [0.4, 0.5) is 13.2 Å². The predicted octanol–water partition coefficient (Wildman–Crippen LogP) is 3.05. The van der Waals surface area contributed by atoms with Crippen molar-refractivity contribution in [2.45, 2.75) is 23.6 Å². The van der Waals surface area contributed by atoms with Crippen molar-refractivity contribution in [2.75, 3.05) is 0 Å². The molecule has 0 saturated carbocycles. The van der Waals surface area contributed by atoms with Gasteiger partial charge >= 0.3 is 6.18 Å². The third kappa shape index (κ3) is 3.39. The van der Waals surface area contributed by atoms with Crippen LogP contribution in [0.5, 0.6) is 11.6 Å². The number of hydrogen-bond donors (Lipinski definition) is 1. The molecule has 1 N–H and O–H groups in total. The zero-order valence-corrected chi connectivity index (χ0v) is 10.4. The summed E-state index contributed by atoms with van der Waals surface area (Å²) in [5.74, 6) is -0.198. The van der Waals surface area contributed by atoms with E-state index in [1.54, 1.807) is 0 Å². The Morgan fingerprint density at radius 1 is 1.56 bits per heavy atom. The van der Waals surface area contributed by atoms with E-state index < -0.39 is 12.3 Å². The van der Waals surface area contributed by atoms with Crippen LogP contribution >= 0.6 is 22.6 Å². The smallest absolute Gasteiger partial charge is 0.425 e. The van der Waals surface area contributed by atoms with Gasteiger partial charge in [-0.05, 0) is 13.0 Å². The lowest BCUT2D eigenvalue weighted by atomic mass is 10.3. The number of nitrogens with zero attached hydrogens (tertiary/aromatic N) is 1. The largest absolute Gasteiger partial charge is 0.506 e. The maximum atomic E-state index is 12.2. The van der Waals surface area contributed by atoms with Crippen molar-refractivity contribution in [1.82, 2.24) is 4.98 Å². The van der Waals surface area contributed by atoms with Gasteiger partial charge in [0.25, 0.3) is 0 Å². The summed E-state index contributed by atoms with van der Waals surface area (Å²) in [4.78, 5) is 3.63. The molecule has 0 saturated heterocycles. The van der Waals surface area contributed by atoms with Gasteiger partial charge in [-0.2, -0.15) is 13.2 Å². The monoisotopic (exact) mass is 347 g/mol. The van der Waals surface area contributed by atoms with Gasteiger partial charge in [0, 0.05) is 9.99 Å². The molecule has 0 aliphatic carbocycles. The normalized spacial score (nSPS) is 13.6. The van der Waals surface area contributed by atoms with Gasteiger partial charge < -0.3 is 9.84 Å². The lowest BCUT2D eigenvalue weighted by Gasteiger charge is -2.18. The van der Waals surface area contributed by atoms with Gasteiger partial charge in [0.2, 0.25) is 5.88 Å². The Bertz CT molecular complexity index is 370. The Kier molecular flexibility index (Phi) is 4.22. The summed E-state index contributed by atoms with van der Waals surface area (Å²) >= 11 is 1.95. The number of halogens is 4. The topological polar surface area (TPSA) is 42.4 Å². The molecule has 90 valence electrons. The van der Waals surface area contributed by atoms with Crippen LogP contribution in [0.3, 0.4) is 0 Å². The Morgan fingerprint density at radius 2 is 2.19 bits per heavy atom. The number of aromatic hydroxyl groups is 1. The van der Waals surface area contributed by atoms with Crippen molar-refractivity contribution >= 4 is 22.6 Å². The lowest BCUT2D eigenvalue weighted by Crippen LogP contribution is -2.31. The second kappa shape index (κ2) is 5.07. The number of hydrogen-bond acceptors (Lipinski definition) is 3. The molecule has 0 radical (unpaired) electrons. The molecule has 1 aromatic rings. The molecule has 0 aliphatic heterocycles. The fraction of sp³-hybridized carbons (Fsp3) is 0.444. The number of ether oxygens (including phenoxy) is 1. The molecule has 7 heteroatoms. The molecule has 0 bridgehead atoms. The van der Waals surface area contributed by atoms with Gasteiger partial charge in [0.05, 0.1) is 6.20 Å². The van der Waals surface area contributed by atoms with Crippen LogP contribution in [0.1, 0.15) is 12.5 Å². The summed E-state index contributed by atoms with van der Waals surface area (Å²) in [7, 11) is 0. The van der Waals surface area contributed by atoms with Gasteiger partial charge in [0.1, 0.15) is 5.75 Å². The molecule has 16 heavy (non-hydrogen) atoms. The van der Waals surface area contributed by atoms with Crippen LogP contribution in [0.15, 0.2) is 12.3 Å². The Balaban J connectivity index is 2.89. The highest BCUT2D eigenvalue weighted by Crippen LogP contribution is 2.28. The highest BCUT2D eigenvalue weighted by atomic mass is 127. The Morgan fingerprint density at radius 3 is 2.69 bits per heavy atom. The van der Waals surface area contributed by atoms with Crippen LogP contribution in [0.25, 0.3) is 0 Å². The summed E-state index contributed by atoms with van der Waals surface area (Å²) in [5.41, 5.74) is 0.428. The molecule has 0 fully saturated rings. The van der Waals surface area contributed by atoms with E-state index in [1.807, 2.05) is 22.6 Å². The first-order valence-corrected chi connectivity index (χ1v) is 5.84. The fourth-order valence-electron chi connectivity index (χ4n) is 0.921. The average Bonchev–Trinajstić information content (AvgIpc) is 2.19. The number of rotatable bonds is 3. The maximum Gasteiger partial charge on any atom is 0.425 e. The van der Waals surface area contributed by atoms with Crippen molar-refractivity contribution in [2.24, 2.45) is 0 Å². The van der Waals surface area contributed by atoms with Gasteiger partial charge in [0.15, 0.2) is 6.10 Å². The summed E-state index contributed by atoms with van der Waals surface area (Å²) in [5, 5.41) is 9.12. The molecule has 0 amide bonds. The second-order valence-electron chi connectivity index (χ2n) is 3.09. The van der Waals surface area contributed by atoms with Crippen LogP contribution in [-0.4, -0.2) is 22.4 Å². The summed E-state index contributed by atoms with van der Waals surface area (Å²) in [6.07, 6.45) is -5.30. The summed E-state index contributed by atoms with van der Waals surface area (Å²) in [6.45, 7) is 0.908. The quantitative estimate of drug-likeness (QED) is 0.675. The predicted molar refractivity (Wildman–Crippen MR) is 59.8 cm³/mol. The molecule has 1 aromatic heterocycles. The van der Waals surface area contributed by atoms with Gasteiger partial charge in [-0.25, -0.2) is 4.98 Å². The molecule has 0 spiro atoms. The van der Waals surface area contributed by atoms with Gasteiger partial charge in [-0.3, -0.25) is 0 Å². The first-order valence-electron chi connectivity index (χ1n) is 4.32. The zero-order valence-electron chi connectivity index (χ0n) is 8.25. The maximum absolute atomic E-state index is 12.2. The zero-order chi connectivity index (χ0) is 12.3. The molecule has 3 nitrogen and oxygen atoms in total. The van der Waals surface area contributed by atoms with Crippen molar-refractivity contribution in [3.05, 3.63) is 17.8 Å². The lowest BCUT2D eigenvalue weighted by molar-refractivity contribution is -0.190. The Labute approximate surface area is 104 Å². The minimum absolute atomic E-state index is 0.0984. The number of pyridine rings is 1. The van der Waals surface area contributed by atoms with Crippen molar-refractivity contribution in [3.63, 3.8) is 0 Å². The molecule has 0 aliphatic rings. The van der Waals surface area contributed by atoms with Crippen molar-refractivity contribution < 1.29 is 23.0 Å². The minimum Gasteiger partial charge on any atom is -0.506 e. The Hall–Kier alpha value is -0.730. The summed E-state index contributed by atoms with van der Waals surface area (Å²) < 4.78 is 41.8. The first-order chi connectivity index (χ1) is 7.34. The van der Waals surface area contributed by atoms with Crippen LogP contribution in [0, 0.1) is 0 Å². The molecule has 0 aromatic carbocycles. The molecular weight excluding hydrogens is 338 g/mol. The minimum atomic E-state index is -4.43. The highest BCUT2D eigenvalue weighted by molar-refractivity contribution is 14.1. The number of aromatic nitrogens is 1. The SMILES string of the molecule is C[C@H](Oc1ncc(O)cc1CI)C(F)(F)F. The van der Waals surface area contributed by atoms with Gasteiger partial charge in [-0.15, -0.1) is 0 Å². The van der Waals surface area contributed by atoms with Gasteiger partial charge in [-0.1, -0.05) is 22.6 Å². The average molecular weight is 347 g/mol. The van der Waals surface area contributed by atoms with Crippen molar-refractivity contribution in [1.29, 1.82) is 0 Å². The fourth-order valence-corrected chi connectivity index (χ4v) is 1.47. The van der Waals surface area contributed by atoms with E-state index in [2.05, 4.69) is 4.98 Å². The van der Waals surface area contributed by atoms with Crippen LogP contribution < -0.4 is 4.74 Å². The van der Waals surface area contributed by atoms with E-state index in [0.29, 0.717) is 9.99 Å². The van der Waals surface area contributed by atoms with E-state index in [-0.39, 0.29) is 11.6 Å². The van der Waals surface area contributed by atoms with E-state index >= 15 is 0 Å². The molecule has 0 unspecified atom stereocenters. The van der Waals surface area contributed by atoms with E-state index in [4.69, 9.17) is 9.84 Å². The van der Waals surface area contributed by atoms with E-state index in [1.165, 1.54) is 6.07 Å². The van der Waals surface area contributed by atoms with E-state index in [9.17, 15) is 13.2 Å². The third-order valence-corrected chi connectivity index (χ3v) is 2.63. The van der Waals surface area contributed by atoms with Crippen molar-refractivity contribution in [3.8, 4) is 11.6 Å². The second-order valence-corrected chi connectivity index (χ2v) is 3.86. The molecule has 1 heterocycles. The summed E-state index contributed by atoms with van der Waals surface area (Å²) in [6, 6.07) is 1.33. The first kappa shape index (κ1) is 13.3. The highest BCUT2D eigenvalue weighted by Gasteiger charge is 2.38. The molecule has 1 rings (SSSR count). The van der Waals surface area contributed by atoms with Crippen LogP contribution in [0.2, 0.25) is 0 Å². The molecular formula is C9H9F3INO2. The van der Waals surface area contributed by atoms with Crippen LogP contribution in [-0.2, 0) is 4.43 Å².